The van der Waals surface area contributed by atoms with Gasteiger partial charge >= 0.3 is 0 Å². The van der Waals surface area contributed by atoms with Crippen LogP contribution in [0.3, 0.4) is 0 Å². The van der Waals surface area contributed by atoms with Crippen molar-refractivity contribution >= 4 is 17.3 Å². The molecule has 0 saturated carbocycles. The first kappa shape index (κ1) is 15.6. The van der Waals surface area contributed by atoms with Gasteiger partial charge in [-0.05, 0) is 24.7 Å². The van der Waals surface area contributed by atoms with Gasteiger partial charge in [0.1, 0.15) is 5.82 Å². The van der Waals surface area contributed by atoms with Gasteiger partial charge in [0, 0.05) is 25.5 Å². The molecule has 2 rings (SSSR count). The molecule has 0 fully saturated rings. The molecule has 5 heteroatoms. The van der Waals surface area contributed by atoms with E-state index in [2.05, 4.69) is 55.2 Å². The van der Waals surface area contributed by atoms with Crippen LogP contribution in [0.5, 0.6) is 0 Å². The van der Waals surface area contributed by atoms with Crippen LogP contribution in [0.4, 0.5) is 11.6 Å². The number of aromatic nitrogens is 3. The summed E-state index contributed by atoms with van der Waals surface area (Å²) in [5.74, 6) is 3.63. The number of anilines is 2. The minimum absolute atomic E-state index is 0.615. The van der Waals surface area contributed by atoms with Gasteiger partial charge in [0.15, 0.2) is 11.5 Å². The third kappa shape index (κ3) is 3.65. The lowest BCUT2D eigenvalue weighted by atomic mass is 9.85. The Morgan fingerprint density at radius 2 is 1.86 bits per heavy atom. The largest absolute Gasteiger partial charge is 0.369 e. The van der Waals surface area contributed by atoms with Gasteiger partial charge in [-0.2, -0.15) is 0 Å². The summed E-state index contributed by atoms with van der Waals surface area (Å²) >= 11 is 0. The summed E-state index contributed by atoms with van der Waals surface area (Å²) in [4.78, 5) is 9.05. The standard InChI is InChI=1S/C16H27N5/c1-6-17-14-10-21-8-7-18-16(21)15(20-14)19-9-13(11(2)3)12(4)5/h7-8,10-13,17H,6,9H2,1-5H3,(H,19,20). The molecular formula is C16H27N5. The highest BCUT2D eigenvalue weighted by Gasteiger charge is 2.18. The number of fused-ring (bicyclic) bond motifs is 1. The first-order valence-corrected chi connectivity index (χ1v) is 7.84. The summed E-state index contributed by atoms with van der Waals surface area (Å²) in [6.45, 7) is 13.0. The van der Waals surface area contributed by atoms with Gasteiger partial charge in [-0.25, -0.2) is 9.97 Å². The van der Waals surface area contributed by atoms with E-state index in [1.165, 1.54) is 0 Å². The molecule has 0 bridgehead atoms. The van der Waals surface area contributed by atoms with Crippen molar-refractivity contribution in [3.8, 4) is 0 Å². The monoisotopic (exact) mass is 289 g/mol. The van der Waals surface area contributed by atoms with E-state index >= 15 is 0 Å². The molecule has 5 nitrogen and oxygen atoms in total. The van der Waals surface area contributed by atoms with Crippen molar-refractivity contribution in [3.63, 3.8) is 0 Å². The second kappa shape index (κ2) is 6.78. The smallest absolute Gasteiger partial charge is 0.180 e. The fraction of sp³-hybridized carbons (Fsp3) is 0.625. The van der Waals surface area contributed by atoms with Crippen molar-refractivity contribution in [1.29, 1.82) is 0 Å². The molecular weight excluding hydrogens is 262 g/mol. The number of imidazole rings is 1. The molecule has 0 aliphatic heterocycles. The van der Waals surface area contributed by atoms with Gasteiger partial charge in [0.2, 0.25) is 0 Å². The summed E-state index contributed by atoms with van der Waals surface area (Å²) in [7, 11) is 0. The highest BCUT2D eigenvalue weighted by Crippen LogP contribution is 2.22. The molecule has 0 unspecified atom stereocenters. The van der Waals surface area contributed by atoms with Crippen LogP contribution in [0.25, 0.3) is 5.65 Å². The fourth-order valence-corrected chi connectivity index (χ4v) is 2.77. The van der Waals surface area contributed by atoms with Crippen LogP contribution >= 0.6 is 0 Å². The van der Waals surface area contributed by atoms with Crippen LogP contribution in [-0.2, 0) is 0 Å². The summed E-state index contributed by atoms with van der Waals surface area (Å²) in [6.07, 6.45) is 5.73. The summed E-state index contributed by atoms with van der Waals surface area (Å²) in [5, 5.41) is 6.76. The van der Waals surface area contributed by atoms with Gasteiger partial charge in [0.05, 0.1) is 6.20 Å². The number of hydrogen-bond acceptors (Lipinski definition) is 4. The Kier molecular flexibility index (Phi) is 5.04. The minimum Gasteiger partial charge on any atom is -0.369 e. The predicted octanol–water partition coefficient (Wildman–Crippen LogP) is 3.50. The van der Waals surface area contributed by atoms with Crippen molar-refractivity contribution in [2.45, 2.75) is 34.6 Å². The highest BCUT2D eigenvalue weighted by molar-refractivity contribution is 5.65. The second-order valence-corrected chi connectivity index (χ2v) is 6.20. The van der Waals surface area contributed by atoms with Crippen LogP contribution in [0.15, 0.2) is 18.6 Å². The Bertz CT molecular complexity index is 565. The molecule has 0 spiro atoms. The van der Waals surface area contributed by atoms with E-state index < -0.39 is 0 Å². The van der Waals surface area contributed by atoms with Crippen LogP contribution < -0.4 is 10.6 Å². The normalized spacial score (nSPS) is 11.8. The molecule has 2 aromatic heterocycles. The van der Waals surface area contributed by atoms with Crippen LogP contribution in [0.2, 0.25) is 0 Å². The number of nitrogens with zero attached hydrogens (tertiary/aromatic N) is 3. The Morgan fingerprint density at radius 1 is 1.14 bits per heavy atom. The molecule has 0 amide bonds. The molecule has 0 aromatic carbocycles. The average Bonchev–Trinajstić information content (AvgIpc) is 2.86. The molecule has 0 atom stereocenters. The first-order valence-electron chi connectivity index (χ1n) is 7.84. The summed E-state index contributed by atoms with van der Waals surface area (Å²) in [6, 6.07) is 0. The molecule has 116 valence electrons. The van der Waals surface area contributed by atoms with E-state index in [0.717, 1.165) is 30.4 Å². The Balaban J connectivity index is 2.22. The van der Waals surface area contributed by atoms with Gasteiger partial charge in [-0.15, -0.1) is 0 Å². The predicted molar refractivity (Wildman–Crippen MR) is 88.8 cm³/mol. The van der Waals surface area contributed by atoms with E-state index in [-0.39, 0.29) is 0 Å². The third-order valence-electron chi connectivity index (χ3n) is 3.95. The van der Waals surface area contributed by atoms with Crippen molar-refractivity contribution in [2.24, 2.45) is 17.8 Å². The lowest BCUT2D eigenvalue weighted by Crippen LogP contribution is -2.25. The molecule has 2 N–H and O–H groups in total. The Labute approximate surface area is 127 Å². The summed E-state index contributed by atoms with van der Waals surface area (Å²) in [5.41, 5.74) is 0.878. The van der Waals surface area contributed by atoms with Crippen LogP contribution in [0, 0.1) is 17.8 Å². The quantitative estimate of drug-likeness (QED) is 0.819. The molecule has 2 heterocycles. The lowest BCUT2D eigenvalue weighted by Gasteiger charge is -2.25. The van der Waals surface area contributed by atoms with Crippen LogP contribution in [-0.4, -0.2) is 27.5 Å². The fourth-order valence-electron chi connectivity index (χ4n) is 2.77. The molecule has 0 aliphatic rings. The van der Waals surface area contributed by atoms with Gasteiger partial charge < -0.3 is 15.0 Å². The van der Waals surface area contributed by atoms with Gasteiger partial charge in [-0.1, -0.05) is 27.7 Å². The first-order chi connectivity index (χ1) is 10.0. The van der Waals surface area contributed by atoms with Gasteiger partial charge in [-0.3, -0.25) is 0 Å². The van der Waals surface area contributed by atoms with Crippen molar-refractivity contribution in [1.82, 2.24) is 14.4 Å². The third-order valence-corrected chi connectivity index (χ3v) is 3.95. The highest BCUT2D eigenvalue weighted by atomic mass is 15.1. The zero-order valence-corrected chi connectivity index (χ0v) is 13.7. The van der Waals surface area contributed by atoms with Crippen LogP contribution in [0.1, 0.15) is 34.6 Å². The van der Waals surface area contributed by atoms with Crippen molar-refractivity contribution in [3.05, 3.63) is 18.6 Å². The molecule has 21 heavy (non-hydrogen) atoms. The van der Waals surface area contributed by atoms with E-state index in [1.54, 1.807) is 6.20 Å². The SMILES string of the molecule is CCNc1cn2ccnc2c(NCC(C(C)C)C(C)C)n1. The van der Waals surface area contributed by atoms with E-state index in [4.69, 9.17) is 0 Å². The summed E-state index contributed by atoms with van der Waals surface area (Å²) < 4.78 is 2.01. The maximum Gasteiger partial charge on any atom is 0.180 e. The number of nitrogens with one attached hydrogen (secondary N) is 2. The second-order valence-electron chi connectivity index (χ2n) is 6.20. The van der Waals surface area contributed by atoms with Crippen molar-refractivity contribution in [2.75, 3.05) is 23.7 Å². The van der Waals surface area contributed by atoms with E-state index in [0.29, 0.717) is 17.8 Å². The molecule has 2 aromatic rings. The zero-order chi connectivity index (χ0) is 15.4. The average molecular weight is 289 g/mol. The number of rotatable bonds is 7. The molecule has 0 aliphatic carbocycles. The minimum atomic E-state index is 0.615. The lowest BCUT2D eigenvalue weighted by molar-refractivity contribution is 0.304. The maximum absolute atomic E-state index is 4.65. The zero-order valence-electron chi connectivity index (χ0n) is 13.7. The van der Waals surface area contributed by atoms with Crippen molar-refractivity contribution < 1.29 is 0 Å². The Morgan fingerprint density at radius 3 is 2.48 bits per heavy atom. The van der Waals surface area contributed by atoms with E-state index in [9.17, 15) is 0 Å². The topological polar surface area (TPSA) is 54.2 Å². The maximum atomic E-state index is 4.65. The molecule has 0 saturated heterocycles. The Hall–Kier alpha value is -1.78. The molecule has 0 radical (unpaired) electrons. The van der Waals surface area contributed by atoms with Gasteiger partial charge in [0.25, 0.3) is 0 Å². The number of hydrogen-bond donors (Lipinski definition) is 2. The van der Waals surface area contributed by atoms with E-state index in [1.807, 2.05) is 16.8 Å².